The Morgan fingerprint density at radius 3 is 3.08 bits per heavy atom. The van der Waals surface area contributed by atoms with Crippen molar-refractivity contribution >= 4 is 33.3 Å². The molecule has 2 nitrogen and oxygen atoms in total. The summed E-state index contributed by atoms with van der Waals surface area (Å²) in [5, 5.41) is 3.69. The Morgan fingerprint density at radius 1 is 1.69 bits per heavy atom. The highest BCUT2D eigenvalue weighted by Gasteiger charge is 2.00. The summed E-state index contributed by atoms with van der Waals surface area (Å²) >= 11 is 9.06. The van der Waals surface area contributed by atoms with E-state index in [1.165, 1.54) is 0 Å². The van der Waals surface area contributed by atoms with Crippen LogP contribution in [0.5, 0.6) is 0 Å². The normalized spacial score (nSPS) is 9.31. The second-order valence-corrected chi connectivity index (χ2v) is 3.66. The van der Waals surface area contributed by atoms with Crippen molar-refractivity contribution < 1.29 is 0 Å². The fourth-order valence-corrected chi connectivity index (χ4v) is 1.58. The molecule has 0 unspecified atom stereocenters. The van der Waals surface area contributed by atoms with Crippen molar-refractivity contribution in [1.29, 1.82) is 0 Å². The number of terminal acetylenes is 1. The molecule has 0 radical (unpaired) electrons. The van der Waals surface area contributed by atoms with Gasteiger partial charge in [-0.2, -0.15) is 0 Å². The molecule has 0 atom stereocenters. The molecule has 0 saturated heterocycles. The molecule has 0 aliphatic carbocycles. The van der Waals surface area contributed by atoms with Gasteiger partial charge in [0, 0.05) is 19.2 Å². The van der Waals surface area contributed by atoms with Crippen molar-refractivity contribution in [3.63, 3.8) is 0 Å². The van der Waals surface area contributed by atoms with Crippen molar-refractivity contribution in [1.82, 2.24) is 4.98 Å². The zero-order valence-corrected chi connectivity index (χ0v) is 9.19. The quantitative estimate of drug-likeness (QED) is 0.667. The summed E-state index contributed by atoms with van der Waals surface area (Å²) in [6, 6.07) is 1.78. The molecule has 0 aromatic carbocycles. The van der Waals surface area contributed by atoms with E-state index in [1.807, 2.05) is 0 Å². The van der Waals surface area contributed by atoms with Gasteiger partial charge in [0.2, 0.25) is 0 Å². The molecule has 4 heteroatoms. The molecule has 1 aromatic heterocycles. The maximum atomic E-state index is 5.73. The Balaban J connectivity index is 2.62. The molecule has 13 heavy (non-hydrogen) atoms. The van der Waals surface area contributed by atoms with Gasteiger partial charge >= 0.3 is 0 Å². The molecular weight excluding hydrogens is 251 g/mol. The number of anilines is 1. The molecule has 0 saturated carbocycles. The number of aromatic nitrogens is 1. The van der Waals surface area contributed by atoms with Crippen LogP contribution in [-0.4, -0.2) is 11.5 Å². The van der Waals surface area contributed by atoms with Crippen LogP contribution in [0.3, 0.4) is 0 Å². The number of hydrogen-bond acceptors (Lipinski definition) is 2. The number of hydrogen-bond donors (Lipinski definition) is 1. The highest BCUT2D eigenvalue weighted by atomic mass is 79.9. The Labute approximate surface area is 90.8 Å². The topological polar surface area (TPSA) is 24.9 Å². The Bertz CT molecular complexity index is 333. The zero-order chi connectivity index (χ0) is 9.68. The van der Waals surface area contributed by atoms with Crippen molar-refractivity contribution in [3.05, 3.63) is 21.8 Å². The van der Waals surface area contributed by atoms with Crippen LogP contribution in [0.25, 0.3) is 0 Å². The average molecular weight is 260 g/mol. The first-order chi connectivity index (χ1) is 6.24. The molecule has 0 amide bonds. The third-order valence-electron chi connectivity index (χ3n) is 1.37. The molecule has 0 bridgehead atoms. The van der Waals surface area contributed by atoms with Crippen LogP contribution in [0.1, 0.15) is 6.42 Å². The van der Waals surface area contributed by atoms with Gasteiger partial charge in [-0.25, -0.2) is 4.98 Å². The van der Waals surface area contributed by atoms with Crippen LogP contribution in [0.4, 0.5) is 5.82 Å². The molecule has 68 valence electrons. The highest BCUT2D eigenvalue weighted by molar-refractivity contribution is 9.10. The van der Waals surface area contributed by atoms with Crippen LogP contribution in [-0.2, 0) is 0 Å². The van der Waals surface area contributed by atoms with Crippen molar-refractivity contribution in [2.24, 2.45) is 0 Å². The fraction of sp³-hybridized carbons (Fsp3) is 0.222. The number of nitrogens with one attached hydrogen (secondary N) is 1. The van der Waals surface area contributed by atoms with Gasteiger partial charge in [-0.05, 0) is 22.0 Å². The van der Waals surface area contributed by atoms with Crippen LogP contribution in [0, 0.1) is 12.3 Å². The molecule has 0 fully saturated rings. The molecule has 1 heterocycles. The monoisotopic (exact) mass is 258 g/mol. The van der Waals surface area contributed by atoms with Gasteiger partial charge in [-0.15, -0.1) is 12.3 Å². The highest BCUT2D eigenvalue weighted by Crippen LogP contribution is 2.22. The molecule has 1 aromatic rings. The van der Waals surface area contributed by atoms with Gasteiger partial charge in [0.05, 0.1) is 9.50 Å². The van der Waals surface area contributed by atoms with Gasteiger partial charge in [-0.3, -0.25) is 0 Å². The smallest absolute Gasteiger partial charge is 0.140 e. The summed E-state index contributed by atoms with van der Waals surface area (Å²) in [6.07, 6.45) is 7.38. The van der Waals surface area contributed by atoms with E-state index < -0.39 is 0 Å². The maximum Gasteiger partial charge on any atom is 0.140 e. The minimum absolute atomic E-state index is 0.606. The fourth-order valence-electron chi connectivity index (χ4n) is 0.798. The summed E-state index contributed by atoms with van der Waals surface area (Å²) in [7, 11) is 0. The van der Waals surface area contributed by atoms with Gasteiger partial charge in [-0.1, -0.05) is 11.6 Å². The van der Waals surface area contributed by atoms with Crippen molar-refractivity contribution in [2.75, 3.05) is 11.9 Å². The van der Waals surface area contributed by atoms with E-state index in [-0.39, 0.29) is 0 Å². The van der Waals surface area contributed by atoms with Gasteiger partial charge in [0.1, 0.15) is 5.82 Å². The van der Waals surface area contributed by atoms with E-state index >= 15 is 0 Å². The predicted molar refractivity (Wildman–Crippen MR) is 58.9 cm³/mol. The number of nitrogens with zero attached hydrogens (tertiary/aromatic N) is 1. The largest absolute Gasteiger partial charge is 0.368 e. The molecule has 1 N–H and O–H groups in total. The van der Waals surface area contributed by atoms with E-state index in [1.54, 1.807) is 12.3 Å². The summed E-state index contributed by atoms with van der Waals surface area (Å²) in [6.45, 7) is 0.712. The molecule has 0 aliphatic rings. The molecule has 0 spiro atoms. The standard InChI is InChI=1S/C9H8BrClN2/c1-2-3-4-12-9-8(10)5-7(11)6-13-9/h1,5-6H,3-4H2,(H,12,13). The summed E-state index contributed by atoms with van der Waals surface area (Å²) in [5.74, 6) is 3.30. The van der Waals surface area contributed by atoms with Crippen molar-refractivity contribution in [2.45, 2.75) is 6.42 Å². The number of pyridine rings is 1. The van der Waals surface area contributed by atoms with Gasteiger partial charge in [0.25, 0.3) is 0 Å². The van der Waals surface area contributed by atoms with Crippen LogP contribution in [0.2, 0.25) is 5.02 Å². The van der Waals surface area contributed by atoms with E-state index in [0.29, 0.717) is 18.0 Å². The molecule has 0 aliphatic heterocycles. The Hall–Kier alpha value is -0.720. The minimum atomic E-state index is 0.606. The first-order valence-corrected chi connectivity index (χ1v) is 4.89. The minimum Gasteiger partial charge on any atom is -0.368 e. The summed E-state index contributed by atoms with van der Waals surface area (Å²) in [4.78, 5) is 4.09. The van der Waals surface area contributed by atoms with Crippen LogP contribution >= 0.6 is 27.5 Å². The number of halogens is 2. The van der Waals surface area contributed by atoms with E-state index in [4.69, 9.17) is 18.0 Å². The van der Waals surface area contributed by atoms with Crippen molar-refractivity contribution in [3.8, 4) is 12.3 Å². The van der Waals surface area contributed by atoms with E-state index in [0.717, 1.165) is 10.3 Å². The zero-order valence-electron chi connectivity index (χ0n) is 6.85. The third-order valence-corrected chi connectivity index (χ3v) is 2.18. The lowest BCUT2D eigenvalue weighted by Gasteiger charge is -2.05. The number of rotatable bonds is 3. The van der Waals surface area contributed by atoms with Gasteiger partial charge in [0.15, 0.2) is 0 Å². The lowest BCUT2D eigenvalue weighted by molar-refractivity contribution is 1.07. The first kappa shape index (κ1) is 10.4. The maximum absolute atomic E-state index is 5.73. The van der Waals surface area contributed by atoms with E-state index in [9.17, 15) is 0 Å². The SMILES string of the molecule is C#CCCNc1ncc(Cl)cc1Br. The summed E-state index contributed by atoms with van der Waals surface area (Å²) in [5.41, 5.74) is 0. The lowest BCUT2D eigenvalue weighted by atomic mass is 10.4. The third kappa shape index (κ3) is 3.25. The predicted octanol–water partition coefficient (Wildman–Crippen LogP) is 2.93. The second-order valence-electron chi connectivity index (χ2n) is 2.36. The first-order valence-electron chi connectivity index (χ1n) is 3.72. The van der Waals surface area contributed by atoms with Crippen LogP contribution in [0.15, 0.2) is 16.7 Å². The van der Waals surface area contributed by atoms with E-state index in [2.05, 4.69) is 32.2 Å². The molecule has 1 rings (SSSR count). The molecular formula is C9H8BrClN2. The van der Waals surface area contributed by atoms with Gasteiger partial charge < -0.3 is 5.32 Å². The lowest BCUT2D eigenvalue weighted by Crippen LogP contribution is -2.02. The summed E-state index contributed by atoms with van der Waals surface area (Å²) < 4.78 is 0.844. The average Bonchev–Trinajstić information content (AvgIpc) is 2.09. The Morgan fingerprint density at radius 2 is 2.46 bits per heavy atom. The second kappa shape index (κ2) is 5.11. The Kier molecular flexibility index (Phi) is 4.07. The van der Waals surface area contributed by atoms with Crippen LogP contribution < -0.4 is 5.32 Å².